The van der Waals surface area contributed by atoms with E-state index in [0.29, 0.717) is 17.6 Å². The summed E-state index contributed by atoms with van der Waals surface area (Å²) in [5.41, 5.74) is -0.322. The zero-order chi connectivity index (χ0) is 21.7. The summed E-state index contributed by atoms with van der Waals surface area (Å²) in [5.74, 6) is 1.00. The minimum absolute atomic E-state index is 0.156. The molecule has 30 heavy (non-hydrogen) atoms. The van der Waals surface area contributed by atoms with Crippen molar-refractivity contribution in [3.8, 4) is 0 Å². The Morgan fingerprint density at radius 2 is 1.37 bits per heavy atom. The molecule has 0 spiro atoms. The Kier molecular flexibility index (Phi) is 7.75. The van der Waals surface area contributed by atoms with Gasteiger partial charge < -0.3 is 0 Å². The summed E-state index contributed by atoms with van der Waals surface area (Å²) in [6.45, 7) is 2.28. The molecule has 1 aromatic carbocycles. The highest BCUT2D eigenvalue weighted by molar-refractivity contribution is 5.57. The summed E-state index contributed by atoms with van der Waals surface area (Å²) in [4.78, 5) is 0. The topological polar surface area (TPSA) is 0 Å². The van der Waals surface area contributed by atoms with Crippen LogP contribution < -0.4 is 0 Å². The van der Waals surface area contributed by atoms with Crippen molar-refractivity contribution in [3.05, 3.63) is 47.0 Å². The molecule has 2 aliphatic rings. The monoisotopic (exact) mass is 426 g/mol. The van der Waals surface area contributed by atoms with Crippen LogP contribution in [0.5, 0.6) is 0 Å². The van der Waals surface area contributed by atoms with E-state index in [1.54, 1.807) is 6.08 Å². The first-order chi connectivity index (χ1) is 14.2. The summed E-state index contributed by atoms with van der Waals surface area (Å²) in [7, 11) is 0. The maximum absolute atomic E-state index is 14.1. The third-order valence-corrected chi connectivity index (χ3v) is 7.05. The van der Waals surface area contributed by atoms with Gasteiger partial charge in [-0.3, -0.25) is 0 Å². The lowest BCUT2D eigenvalue weighted by Gasteiger charge is -2.37. The van der Waals surface area contributed by atoms with Gasteiger partial charge in [-0.1, -0.05) is 38.3 Å². The minimum atomic E-state index is -4.61. The van der Waals surface area contributed by atoms with Gasteiger partial charge in [0.2, 0.25) is 0 Å². The van der Waals surface area contributed by atoms with Gasteiger partial charge in [0.25, 0.3) is 0 Å². The lowest BCUT2D eigenvalue weighted by Crippen LogP contribution is -2.25. The van der Waals surface area contributed by atoms with E-state index in [9.17, 15) is 22.0 Å². The van der Waals surface area contributed by atoms with E-state index in [1.807, 2.05) is 6.08 Å². The van der Waals surface area contributed by atoms with Crippen molar-refractivity contribution in [1.29, 1.82) is 0 Å². The summed E-state index contributed by atoms with van der Waals surface area (Å²) in [6.07, 6.45) is 10.7. The lowest BCUT2D eigenvalue weighted by molar-refractivity contribution is -0.0790. The van der Waals surface area contributed by atoms with Crippen LogP contribution in [0.3, 0.4) is 0 Å². The van der Waals surface area contributed by atoms with Crippen LogP contribution in [-0.4, -0.2) is 6.18 Å². The fourth-order valence-corrected chi connectivity index (χ4v) is 5.16. The Morgan fingerprint density at radius 3 is 1.87 bits per heavy atom. The minimum Gasteiger partial charge on any atom is -0.206 e. The molecule has 0 radical (unpaired) electrons. The Morgan fingerprint density at radius 1 is 0.833 bits per heavy atom. The first-order valence-corrected chi connectivity index (χ1v) is 11.2. The molecule has 0 amide bonds. The molecule has 5 heteroatoms. The molecule has 0 atom stereocenters. The number of allylic oxidation sites excluding steroid dienone is 2. The molecule has 3 rings (SSSR count). The molecule has 0 aromatic heterocycles. The fraction of sp³-hybridized carbons (Fsp3) is 0.600. The highest BCUT2D eigenvalue weighted by Crippen LogP contribution is 2.42. The summed E-state index contributed by atoms with van der Waals surface area (Å²) in [5, 5.41) is 0. The number of alkyl halides is 3. The van der Waals surface area contributed by atoms with Crippen molar-refractivity contribution >= 4 is 12.2 Å². The van der Waals surface area contributed by atoms with Gasteiger partial charge in [-0.15, -0.1) is 0 Å². The molecule has 2 aliphatic carbocycles. The zero-order valence-electron chi connectivity index (χ0n) is 17.5. The molecule has 0 aliphatic heterocycles. The fourth-order valence-electron chi connectivity index (χ4n) is 5.16. The largest absolute Gasteiger partial charge is 0.409 e. The highest BCUT2D eigenvalue weighted by Gasteiger charge is 2.29. The summed E-state index contributed by atoms with van der Waals surface area (Å²) in [6, 6.07) is 2.18. The molecule has 0 nitrogen and oxygen atoms in total. The first-order valence-electron chi connectivity index (χ1n) is 11.2. The SMILES string of the molecule is CCC1CCC(C2CCC(/C=C/c3cc(F)c(/C=C/C(F)(F)F)c(F)c3)CC2)CC1. The van der Waals surface area contributed by atoms with E-state index in [-0.39, 0.29) is 6.08 Å². The van der Waals surface area contributed by atoms with Gasteiger partial charge in [0.1, 0.15) is 11.6 Å². The van der Waals surface area contributed by atoms with Crippen LogP contribution in [0, 0.1) is 35.3 Å². The Hall–Kier alpha value is -1.65. The van der Waals surface area contributed by atoms with E-state index in [2.05, 4.69) is 6.92 Å². The van der Waals surface area contributed by atoms with Crippen molar-refractivity contribution in [2.45, 2.75) is 70.9 Å². The van der Waals surface area contributed by atoms with E-state index >= 15 is 0 Å². The molecule has 2 saturated carbocycles. The second-order valence-electron chi connectivity index (χ2n) is 9.00. The van der Waals surface area contributed by atoms with Crippen LogP contribution in [0.4, 0.5) is 22.0 Å². The molecule has 0 heterocycles. The van der Waals surface area contributed by atoms with Crippen molar-refractivity contribution in [1.82, 2.24) is 0 Å². The predicted octanol–water partition coefficient (Wildman–Crippen LogP) is 8.58. The van der Waals surface area contributed by atoms with Gasteiger partial charge in [-0.2, -0.15) is 13.2 Å². The summed E-state index contributed by atoms with van der Waals surface area (Å²) >= 11 is 0. The van der Waals surface area contributed by atoms with Gasteiger partial charge in [-0.25, -0.2) is 8.78 Å². The number of benzene rings is 1. The molecule has 0 N–H and O–H groups in total. The maximum atomic E-state index is 14.1. The van der Waals surface area contributed by atoms with Crippen LogP contribution in [0.1, 0.15) is 75.8 Å². The van der Waals surface area contributed by atoms with Crippen LogP contribution in [0.2, 0.25) is 0 Å². The van der Waals surface area contributed by atoms with Crippen LogP contribution >= 0.6 is 0 Å². The molecule has 166 valence electrons. The molecular weight excluding hydrogens is 395 g/mol. The lowest BCUT2D eigenvalue weighted by atomic mass is 9.69. The van der Waals surface area contributed by atoms with Crippen molar-refractivity contribution < 1.29 is 22.0 Å². The van der Waals surface area contributed by atoms with Gasteiger partial charge in [0, 0.05) is 11.6 Å². The Labute approximate surface area is 176 Å². The molecular formula is C25H31F5. The number of halogens is 5. The average Bonchev–Trinajstić information content (AvgIpc) is 2.71. The molecule has 1 aromatic rings. The van der Waals surface area contributed by atoms with Crippen LogP contribution in [0.15, 0.2) is 24.3 Å². The number of hydrogen-bond acceptors (Lipinski definition) is 0. The zero-order valence-corrected chi connectivity index (χ0v) is 17.5. The quantitative estimate of drug-likeness (QED) is 0.414. The van der Waals surface area contributed by atoms with Gasteiger partial charge in [0.05, 0.1) is 0 Å². The standard InChI is InChI=1S/C25H31F5/c1-2-17-5-9-20(10-6-17)21-11-7-18(8-12-21)3-4-19-15-23(26)22(24(27)16-19)13-14-25(28,29)30/h3-4,13-18,20-21H,2,5-12H2,1H3/b4-3+,14-13+. The Bertz CT molecular complexity index is 722. The maximum Gasteiger partial charge on any atom is 0.409 e. The Balaban J connectivity index is 1.54. The van der Waals surface area contributed by atoms with Gasteiger partial charge >= 0.3 is 6.18 Å². The van der Waals surface area contributed by atoms with Crippen molar-refractivity contribution in [2.75, 3.05) is 0 Å². The molecule has 2 fully saturated rings. The van der Waals surface area contributed by atoms with Gasteiger partial charge in [0.15, 0.2) is 0 Å². The third kappa shape index (κ3) is 6.42. The average molecular weight is 427 g/mol. The van der Waals surface area contributed by atoms with Crippen LogP contribution in [0.25, 0.3) is 12.2 Å². The van der Waals surface area contributed by atoms with E-state index in [0.717, 1.165) is 42.7 Å². The van der Waals surface area contributed by atoms with Crippen LogP contribution in [-0.2, 0) is 0 Å². The molecule has 0 unspecified atom stereocenters. The van der Waals surface area contributed by atoms with Crippen molar-refractivity contribution in [3.63, 3.8) is 0 Å². The third-order valence-electron chi connectivity index (χ3n) is 7.05. The van der Waals surface area contributed by atoms with Crippen molar-refractivity contribution in [2.24, 2.45) is 23.7 Å². The number of hydrogen-bond donors (Lipinski definition) is 0. The summed E-state index contributed by atoms with van der Waals surface area (Å²) < 4.78 is 64.9. The van der Waals surface area contributed by atoms with E-state index in [1.165, 1.54) is 44.9 Å². The van der Waals surface area contributed by atoms with E-state index < -0.39 is 23.4 Å². The number of rotatable bonds is 5. The second kappa shape index (κ2) is 10.1. The van der Waals surface area contributed by atoms with Gasteiger partial charge in [-0.05, 0) is 86.0 Å². The highest BCUT2D eigenvalue weighted by atomic mass is 19.4. The molecule has 0 bridgehead atoms. The normalized spacial score (nSPS) is 28.5. The predicted molar refractivity (Wildman–Crippen MR) is 112 cm³/mol. The smallest absolute Gasteiger partial charge is 0.206 e. The van der Waals surface area contributed by atoms with E-state index in [4.69, 9.17) is 0 Å². The second-order valence-corrected chi connectivity index (χ2v) is 9.00. The first kappa shape index (κ1) is 23.0. The molecule has 0 saturated heterocycles.